The van der Waals surface area contributed by atoms with E-state index in [9.17, 15) is 4.79 Å². The average Bonchev–Trinajstić information content (AvgIpc) is 2.89. The third kappa shape index (κ3) is 3.68. The molecule has 0 saturated carbocycles. The fourth-order valence-electron chi connectivity index (χ4n) is 2.46. The molecule has 3 rings (SSSR count). The summed E-state index contributed by atoms with van der Waals surface area (Å²) in [6.07, 6.45) is 1.92. The number of thioether (sulfide) groups is 1. The van der Waals surface area contributed by atoms with Crippen LogP contribution in [0, 0.1) is 6.92 Å². The van der Waals surface area contributed by atoms with Crippen LogP contribution in [0.5, 0.6) is 0 Å². The van der Waals surface area contributed by atoms with Gasteiger partial charge in [0.25, 0.3) is 5.91 Å². The van der Waals surface area contributed by atoms with Crippen molar-refractivity contribution in [3.63, 3.8) is 0 Å². The van der Waals surface area contributed by atoms with Gasteiger partial charge in [-0.2, -0.15) is 0 Å². The first-order chi connectivity index (χ1) is 11.3. The number of hydrogen-bond acceptors (Lipinski definition) is 2. The summed E-state index contributed by atoms with van der Waals surface area (Å²) < 4.78 is 0. The van der Waals surface area contributed by atoms with Crippen molar-refractivity contribution >= 4 is 28.8 Å². The molecule has 1 amide bonds. The predicted octanol–water partition coefficient (Wildman–Crippen LogP) is 5.35. The Bertz CT molecular complexity index is 822. The van der Waals surface area contributed by atoms with E-state index in [1.54, 1.807) is 0 Å². The summed E-state index contributed by atoms with van der Waals surface area (Å²) >= 11 is 1.44. The maximum Gasteiger partial charge on any atom is 0.284 e. The fourth-order valence-corrected chi connectivity index (χ4v) is 3.38. The molecular weight excluding hydrogens is 314 g/mol. The lowest BCUT2D eigenvalue weighted by atomic mass is 9.87. The second kappa shape index (κ2) is 6.40. The van der Waals surface area contributed by atoms with Crippen LogP contribution in [0.3, 0.4) is 0 Å². The molecule has 0 fully saturated rings. The topological polar surface area (TPSA) is 29.4 Å². The minimum absolute atomic E-state index is 0.130. The van der Waals surface area contributed by atoms with E-state index < -0.39 is 0 Å². The number of carbonyl (C=O) groups excluding carboxylic acids is 1. The monoisotopic (exact) mass is 335 g/mol. The molecule has 2 nitrogen and oxygen atoms in total. The number of carbonyl (C=O) groups is 1. The number of aryl methyl sites for hydroxylation is 1. The first kappa shape index (κ1) is 16.7. The lowest BCUT2D eigenvalue weighted by molar-refractivity contribution is -0.113. The van der Waals surface area contributed by atoms with Crippen LogP contribution in [0.25, 0.3) is 6.08 Å². The molecule has 0 atom stereocenters. The largest absolute Gasteiger partial charge is 0.284 e. The molecule has 0 saturated heterocycles. The van der Waals surface area contributed by atoms with Gasteiger partial charge >= 0.3 is 0 Å². The Hall–Kier alpha value is -2.13. The number of nitrogens with zero attached hydrogens (tertiary/aromatic N) is 1. The van der Waals surface area contributed by atoms with Gasteiger partial charge in [0.2, 0.25) is 0 Å². The van der Waals surface area contributed by atoms with Gasteiger partial charge in [0.05, 0.1) is 4.91 Å². The second-order valence-electron chi connectivity index (χ2n) is 7.07. The van der Waals surface area contributed by atoms with Crippen molar-refractivity contribution < 1.29 is 4.79 Å². The summed E-state index contributed by atoms with van der Waals surface area (Å²) in [6, 6.07) is 16.5. The molecule has 122 valence electrons. The molecule has 0 spiro atoms. The van der Waals surface area contributed by atoms with E-state index in [0.717, 1.165) is 16.2 Å². The van der Waals surface area contributed by atoms with Gasteiger partial charge in [-0.3, -0.25) is 4.79 Å². The Morgan fingerprint density at radius 1 is 0.958 bits per heavy atom. The van der Waals surface area contributed by atoms with Crippen molar-refractivity contribution in [1.82, 2.24) is 0 Å². The average molecular weight is 335 g/mol. The van der Waals surface area contributed by atoms with Crippen LogP contribution in [0.15, 0.2) is 58.4 Å². The van der Waals surface area contributed by atoms with E-state index in [1.807, 2.05) is 37.3 Å². The van der Waals surface area contributed by atoms with Gasteiger partial charge < -0.3 is 0 Å². The molecule has 0 aliphatic carbocycles. The summed E-state index contributed by atoms with van der Waals surface area (Å²) in [6.45, 7) is 8.63. The lowest BCUT2D eigenvalue weighted by Crippen LogP contribution is -2.10. The number of benzene rings is 2. The summed E-state index contributed by atoms with van der Waals surface area (Å²) in [5.41, 5.74) is 4.63. The molecule has 1 aliphatic heterocycles. The van der Waals surface area contributed by atoms with Crippen molar-refractivity contribution in [1.29, 1.82) is 0 Å². The Morgan fingerprint density at radius 2 is 1.58 bits per heavy atom. The molecule has 1 aliphatic rings. The fraction of sp³-hybridized carbons (Fsp3) is 0.238. The van der Waals surface area contributed by atoms with Crippen molar-refractivity contribution in [3.8, 4) is 0 Å². The highest BCUT2D eigenvalue weighted by atomic mass is 32.2. The first-order valence-electron chi connectivity index (χ1n) is 8.03. The third-order valence-electron chi connectivity index (χ3n) is 3.99. The molecule has 2 aromatic carbocycles. The quantitative estimate of drug-likeness (QED) is 0.692. The zero-order valence-corrected chi connectivity index (χ0v) is 15.3. The number of rotatable bonds is 2. The van der Waals surface area contributed by atoms with Gasteiger partial charge in [0, 0.05) is 5.56 Å². The van der Waals surface area contributed by atoms with Crippen LogP contribution in [0.2, 0.25) is 0 Å². The number of amides is 1. The Balaban J connectivity index is 1.80. The van der Waals surface area contributed by atoms with Gasteiger partial charge in [-0.25, -0.2) is 4.99 Å². The molecule has 1 heterocycles. The SMILES string of the molecule is Cc1ccc(C2=NC(=O)/C(=C/c3ccc(C(C)(C)C)cc3)S2)cc1. The van der Waals surface area contributed by atoms with E-state index in [-0.39, 0.29) is 11.3 Å². The minimum atomic E-state index is -0.157. The molecule has 0 radical (unpaired) electrons. The summed E-state index contributed by atoms with van der Waals surface area (Å²) in [7, 11) is 0. The summed E-state index contributed by atoms with van der Waals surface area (Å²) in [5, 5.41) is 0.776. The van der Waals surface area contributed by atoms with Crippen LogP contribution in [0.1, 0.15) is 43.0 Å². The smallest absolute Gasteiger partial charge is 0.266 e. The van der Waals surface area contributed by atoms with Crippen LogP contribution >= 0.6 is 11.8 Å². The maximum atomic E-state index is 12.2. The molecule has 0 unspecified atom stereocenters. The minimum Gasteiger partial charge on any atom is -0.266 e. The van der Waals surface area contributed by atoms with Crippen molar-refractivity contribution in [2.45, 2.75) is 33.1 Å². The lowest BCUT2D eigenvalue weighted by Gasteiger charge is -2.18. The highest BCUT2D eigenvalue weighted by molar-refractivity contribution is 8.19. The van der Waals surface area contributed by atoms with Crippen LogP contribution in [-0.4, -0.2) is 11.0 Å². The molecule has 3 heteroatoms. The van der Waals surface area contributed by atoms with Crippen molar-refractivity contribution in [3.05, 3.63) is 75.7 Å². The highest BCUT2D eigenvalue weighted by Gasteiger charge is 2.23. The van der Waals surface area contributed by atoms with E-state index in [2.05, 4.69) is 50.0 Å². The second-order valence-corrected chi connectivity index (χ2v) is 8.10. The number of hydrogen-bond donors (Lipinski definition) is 0. The Morgan fingerprint density at radius 3 is 2.17 bits per heavy atom. The molecule has 0 bridgehead atoms. The zero-order chi connectivity index (χ0) is 17.3. The predicted molar refractivity (Wildman–Crippen MR) is 103 cm³/mol. The van der Waals surface area contributed by atoms with E-state index >= 15 is 0 Å². The van der Waals surface area contributed by atoms with Crippen LogP contribution in [0.4, 0.5) is 0 Å². The molecule has 0 N–H and O–H groups in total. The molecule has 0 aromatic heterocycles. The third-order valence-corrected chi connectivity index (χ3v) is 5.03. The van der Waals surface area contributed by atoms with Gasteiger partial charge in [-0.15, -0.1) is 0 Å². The van der Waals surface area contributed by atoms with Crippen molar-refractivity contribution in [2.24, 2.45) is 4.99 Å². The molecular formula is C21H21NOS. The highest BCUT2D eigenvalue weighted by Crippen LogP contribution is 2.32. The Labute approximate surface area is 147 Å². The summed E-state index contributed by atoms with van der Waals surface area (Å²) in [5.74, 6) is -0.157. The van der Waals surface area contributed by atoms with E-state index in [4.69, 9.17) is 0 Å². The molecule has 2 aromatic rings. The maximum absolute atomic E-state index is 12.2. The zero-order valence-electron chi connectivity index (χ0n) is 14.5. The van der Waals surface area contributed by atoms with Gasteiger partial charge in [0.1, 0.15) is 5.04 Å². The normalized spacial score (nSPS) is 16.6. The first-order valence-corrected chi connectivity index (χ1v) is 8.85. The van der Waals surface area contributed by atoms with Gasteiger partial charge in [0.15, 0.2) is 0 Å². The Kier molecular flexibility index (Phi) is 4.46. The summed E-state index contributed by atoms with van der Waals surface area (Å²) in [4.78, 5) is 17.0. The van der Waals surface area contributed by atoms with Gasteiger partial charge in [-0.1, -0.05) is 86.6 Å². The van der Waals surface area contributed by atoms with Gasteiger partial charge in [-0.05, 0) is 29.5 Å². The van der Waals surface area contributed by atoms with Crippen molar-refractivity contribution in [2.75, 3.05) is 0 Å². The number of aliphatic imine (C=N–C) groups is 1. The molecule has 24 heavy (non-hydrogen) atoms. The van der Waals surface area contributed by atoms with Crippen LogP contribution in [-0.2, 0) is 10.2 Å². The standard InChI is InChI=1S/C21H21NOS/c1-14-5-9-16(10-6-14)20-22-19(23)18(24-20)13-15-7-11-17(12-8-15)21(2,3)4/h5-13H,1-4H3/b18-13-. The van der Waals surface area contributed by atoms with E-state index in [0.29, 0.717) is 4.91 Å². The van der Waals surface area contributed by atoms with Crippen LogP contribution < -0.4 is 0 Å². The van der Waals surface area contributed by atoms with E-state index in [1.165, 1.54) is 22.9 Å².